The molecule has 1 aromatic carbocycles. The summed E-state index contributed by atoms with van der Waals surface area (Å²) in [6.07, 6.45) is -2.53. The van der Waals surface area contributed by atoms with E-state index in [-0.39, 0.29) is 17.3 Å². The molecule has 0 saturated heterocycles. The normalized spacial score (nSPS) is 15.0. The number of alkyl halides is 2. The molecule has 7 heteroatoms. The van der Waals surface area contributed by atoms with Crippen LogP contribution in [0.15, 0.2) is 18.2 Å². The van der Waals surface area contributed by atoms with Crippen molar-refractivity contribution in [3.8, 4) is 5.75 Å². The van der Waals surface area contributed by atoms with Crippen molar-refractivity contribution >= 4 is 11.4 Å². The van der Waals surface area contributed by atoms with E-state index in [1.54, 1.807) is 18.2 Å². The van der Waals surface area contributed by atoms with E-state index >= 15 is 0 Å². The Morgan fingerprint density at radius 3 is 2.50 bits per heavy atom. The van der Waals surface area contributed by atoms with Crippen LogP contribution in [0.2, 0.25) is 0 Å². The minimum Gasteiger partial charge on any atom is -0.598 e. The van der Waals surface area contributed by atoms with E-state index in [1.165, 1.54) is 0 Å². The van der Waals surface area contributed by atoms with E-state index in [2.05, 4.69) is 4.72 Å². The molecule has 0 radical (unpaired) electrons. The van der Waals surface area contributed by atoms with E-state index in [0.717, 1.165) is 5.56 Å². The van der Waals surface area contributed by atoms with Crippen LogP contribution in [0, 0.1) is 0 Å². The highest BCUT2D eigenvalue weighted by Gasteiger charge is 2.28. The van der Waals surface area contributed by atoms with Crippen LogP contribution < -0.4 is 15.2 Å². The van der Waals surface area contributed by atoms with Crippen molar-refractivity contribution in [3.05, 3.63) is 29.3 Å². The zero-order valence-corrected chi connectivity index (χ0v) is 14.2. The lowest BCUT2D eigenvalue weighted by molar-refractivity contribution is 0.0814. The quantitative estimate of drug-likeness (QED) is 0.752. The maximum absolute atomic E-state index is 12.2. The lowest BCUT2D eigenvalue weighted by Crippen LogP contribution is -2.40. The molecule has 0 heterocycles. The molecule has 0 aromatic heterocycles. The zero-order valence-electron chi connectivity index (χ0n) is 13.4. The Balaban J connectivity index is 2.83. The molecule has 126 valence electrons. The summed E-state index contributed by atoms with van der Waals surface area (Å²) in [6, 6.07) is 5.02. The number of hydrogen-bond acceptors (Lipinski definition) is 4. The van der Waals surface area contributed by atoms with Gasteiger partial charge in [-0.05, 0) is 45.4 Å². The standard InChI is InChI=1S/C15H24F2N2O2S/c1-10(19-22(20)15(2,3)4)11-5-6-13(12(7-11)8-18)21-9-14(16)17/h5-7,10,14,19H,8-9,18H2,1-4H3. The summed E-state index contributed by atoms with van der Waals surface area (Å²) in [5, 5.41) is 0. The number of hydrogen-bond donors (Lipinski definition) is 2. The highest BCUT2D eigenvalue weighted by Crippen LogP contribution is 2.25. The number of ether oxygens (including phenoxy) is 1. The van der Waals surface area contributed by atoms with E-state index in [9.17, 15) is 13.3 Å². The van der Waals surface area contributed by atoms with Crippen molar-refractivity contribution in [2.75, 3.05) is 6.61 Å². The Morgan fingerprint density at radius 1 is 1.36 bits per heavy atom. The molecule has 1 rings (SSSR count). The second kappa shape index (κ2) is 8.10. The van der Waals surface area contributed by atoms with Crippen LogP contribution in [0.4, 0.5) is 8.78 Å². The van der Waals surface area contributed by atoms with Crippen molar-refractivity contribution in [2.45, 2.75) is 51.5 Å². The molecule has 2 atom stereocenters. The van der Waals surface area contributed by atoms with Crippen molar-refractivity contribution in [1.29, 1.82) is 0 Å². The maximum Gasteiger partial charge on any atom is 0.272 e. The lowest BCUT2D eigenvalue weighted by atomic mass is 10.0. The average Bonchev–Trinajstić information content (AvgIpc) is 2.43. The second-order valence-corrected chi connectivity index (χ2v) is 7.99. The van der Waals surface area contributed by atoms with Gasteiger partial charge in [0.1, 0.15) is 17.1 Å². The van der Waals surface area contributed by atoms with Crippen LogP contribution in [0.25, 0.3) is 0 Å². The minimum absolute atomic E-state index is 0.158. The predicted molar refractivity (Wildman–Crippen MR) is 85.3 cm³/mol. The van der Waals surface area contributed by atoms with Gasteiger partial charge in [-0.15, -0.1) is 4.72 Å². The first-order chi connectivity index (χ1) is 10.1. The summed E-state index contributed by atoms with van der Waals surface area (Å²) >= 11 is -1.20. The Hall–Kier alpha value is -0.890. The Labute approximate surface area is 133 Å². The zero-order chi connectivity index (χ0) is 16.9. The average molecular weight is 334 g/mol. The fourth-order valence-electron chi connectivity index (χ4n) is 1.73. The molecule has 0 bridgehead atoms. The van der Waals surface area contributed by atoms with Crippen LogP contribution >= 0.6 is 0 Å². The van der Waals surface area contributed by atoms with Crippen molar-refractivity contribution in [2.24, 2.45) is 5.73 Å². The molecule has 3 N–H and O–H groups in total. The number of halogens is 2. The number of benzene rings is 1. The van der Waals surface area contributed by atoms with Crippen LogP contribution in [0.1, 0.15) is 44.9 Å². The highest BCUT2D eigenvalue weighted by atomic mass is 32.2. The summed E-state index contributed by atoms with van der Waals surface area (Å²) in [5.41, 5.74) is 7.17. The van der Waals surface area contributed by atoms with E-state index in [1.807, 2.05) is 27.7 Å². The molecular weight excluding hydrogens is 310 g/mol. The number of rotatable bonds is 7. The fraction of sp³-hybridized carbons (Fsp3) is 0.600. The van der Waals surface area contributed by atoms with Crippen molar-refractivity contribution in [3.63, 3.8) is 0 Å². The molecular formula is C15H24F2N2O2S. The third-order valence-electron chi connectivity index (χ3n) is 3.01. The van der Waals surface area contributed by atoms with Gasteiger partial charge in [-0.1, -0.05) is 6.07 Å². The predicted octanol–water partition coefficient (Wildman–Crippen LogP) is 2.90. The SMILES string of the molecule is CC(N[S+]([O-])C(C)(C)C)c1ccc(OCC(F)F)c(CN)c1. The fourth-order valence-corrected chi connectivity index (χ4v) is 2.54. The van der Waals surface area contributed by atoms with E-state index < -0.39 is 24.4 Å². The van der Waals surface area contributed by atoms with Gasteiger partial charge in [-0.3, -0.25) is 0 Å². The molecule has 0 aliphatic rings. The molecule has 0 aliphatic carbocycles. The Kier molecular flexibility index (Phi) is 7.05. The largest absolute Gasteiger partial charge is 0.598 e. The first-order valence-corrected chi connectivity index (χ1v) is 8.22. The summed E-state index contributed by atoms with van der Waals surface area (Å²) in [7, 11) is 0. The van der Waals surface area contributed by atoms with Gasteiger partial charge in [-0.2, -0.15) is 0 Å². The molecule has 4 nitrogen and oxygen atoms in total. The number of nitrogens with two attached hydrogens (primary N) is 1. The van der Waals surface area contributed by atoms with Gasteiger partial charge < -0.3 is 15.0 Å². The molecule has 2 unspecified atom stereocenters. The Bertz CT molecular complexity index is 481. The highest BCUT2D eigenvalue weighted by molar-refractivity contribution is 7.90. The second-order valence-electron chi connectivity index (χ2n) is 5.99. The third-order valence-corrected chi connectivity index (χ3v) is 4.69. The third kappa shape index (κ3) is 5.72. The van der Waals surface area contributed by atoms with Crippen LogP contribution in [-0.4, -0.2) is 22.3 Å². The van der Waals surface area contributed by atoms with E-state index in [4.69, 9.17) is 10.5 Å². The topological polar surface area (TPSA) is 70.3 Å². The van der Waals surface area contributed by atoms with Crippen LogP contribution in [0.5, 0.6) is 5.75 Å². The molecule has 0 amide bonds. The van der Waals surface area contributed by atoms with Crippen molar-refractivity contribution < 1.29 is 18.1 Å². The number of nitrogens with one attached hydrogen (secondary N) is 1. The monoisotopic (exact) mass is 334 g/mol. The van der Waals surface area contributed by atoms with Crippen LogP contribution in [-0.2, 0) is 17.9 Å². The minimum atomic E-state index is -2.53. The maximum atomic E-state index is 12.2. The molecule has 1 aromatic rings. The molecule has 0 spiro atoms. The Morgan fingerprint density at radius 2 is 2.00 bits per heavy atom. The van der Waals surface area contributed by atoms with Gasteiger partial charge in [-0.25, -0.2) is 8.78 Å². The first-order valence-electron chi connectivity index (χ1n) is 7.07. The summed E-state index contributed by atoms with van der Waals surface area (Å²) in [5.74, 6) is 0.357. The van der Waals surface area contributed by atoms with Crippen molar-refractivity contribution in [1.82, 2.24) is 4.72 Å². The van der Waals surface area contributed by atoms with Gasteiger partial charge in [0.15, 0.2) is 0 Å². The van der Waals surface area contributed by atoms with Gasteiger partial charge in [0.05, 0.1) is 6.04 Å². The molecule has 22 heavy (non-hydrogen) atoms. The summed E-state index contributed by atoms with van der Waals surface area (Å²) in [6.45, 7) is 7.06. The smallest absolute Gasteiger partial charge is 0.272 e. The lowest BCUT2D eigenvalue weighted by Gasteiger charge is -2.26. The summed E-state index contributed by atoms with van der Waals surface area (Å²) < 4.78 is 44.3. The molecule has 0 saturated carbocycles. The first kappa shape index (κ1) is 19.2. The molecule has 0 fully saturated rings. The summed E-state index contributed by atoms with van der Waals surface area (Å²) in [4.78, 5) is 0. The van der Waals surface area contributed by atoms with Gasteiger partial charge in [0.25, 0.3) is 6.43 Å². The van der Waals surface area contributed by atoms with E-state index in [0.29, 0.717) is 11.3 Å². The van der Waals surface area contributed by atoms with Crippen LogP contribution in [0.3, 0.4) is 0 Å². The molecule has 0 aliphatic heterocycles. The van der Waals surface area contributed by atoms with Gasteiger partial charge in [0, 0.05) is 23.5 Å². The van der Waals surface area contributed by atoms with Gasteiger partial charge >= 0.3 is 0 Å². The van der Waals surface area contributed by atoms with Gasteiger partial charge in [0.2, 0.25) is 0 Å².